The number of benzene rings is 1. The smallest absolute Gasteiger partial charge is 0.341 e. The Morgan fingerprint density at radius 1 is 1.53 bits per heavy atom. The molecule has 0 amide bonds. The Labute approximate surface area is 92.4 Å². The van der Waals surface area contributed by atoms with E-state index in [1.165, 1.54) is 7.11 Å². The summed E-state index contributed by atoms with van der Waals surface area (Å²) in [5.41, 5.74) is 0.876. The Bertz CT molecular complexity index is 376. The molecule has 0 aliphatic heterocycles. The highest BCUT2D eigenvalue weighted by Crippen LogP contribution is 2.35. The van der Waals surface area contributed by atoms with Gasteiger partial charge in [-0.05, 0) is 24.6 Å². The predicted molar refractivity (Wildman–Crippen MR) is 55.9 cm³/mol. The van der Waals surface area contributed by atoms with Crippen molar-refractivity contribution < 1.29 is 19.4 Å². The number of carboxylic acid groups (broad SMARTS) is 1. The maximum atomic E-state index is 10.3. The number of hydrogen-bond acceptors (Lipinski definition) is 3. The molecule has 15 heavy (non-hydrogen) atoms. The minimum absolute atomic E-state index is 0.338. The third-order valence-corrected chi connectivity index (χ3v) is 1.99. The number of aryl methyl sites for hydroxylation is 1. The van der Waals surface area contributed by atoms with Crippen molar-refractivity contribution in [2.24, 2.45) is 0 Å². The van der Waals surface area contributed by atoms with E-state index in [1.54, 1.807) is 12.1 Å². The molecule has 0 saturated carbocycles. The first-order chi connectivity index (χ1) is 7.04. The standard InChI is InChI=1S/C10H11ClO4/c1-6-3-7(11)10(14-2)8(4-6)15-5-9(12)13/h3-4H,5H2,1-2H3,(H,12,13). The molecule has 0 unspecified atom stereocenters. The molecule has 82 valence electrons. The van der Waals surface area contributed by atoms with Gasteiger partial charge < -0.3 is 14.6 Å². The van der Waals surface area contributed by atoms with Crippen molar-refractivity contribution in [2.45, 2.75) is 6.92 Å². The number of rotatable bonds is 4. The third-order valence-electron chi connectivity index (χ3n) is 1.71. The number of carbonyl (C=O) groups is 1. The van der Waals surface area contributed by atoms with Gasteiger partial charge in [0, 0.05) is 0 Å². The van der Waals surface area contributed by atoms with Crippen LogP contribution in [-0.2, 0) is 4.79 Å². The molecule has 0 aliphatic rings. The zero-order valence-corrected chi connectivity index (χ0v) is 9.17. The lowest BCUT2D eigenvalue weighted by molar-refractivity contribution is -0.139. The van der Waals surface area contributed by atoms with E-state index in [9.17, 15) is 4.79 Å². The molecule has 0 saturated heterocycles. The minimum atomic E-state index is -1.05. The molecule has 1 aromatic carbocycles. The van der Waals surface area contributed by atoms with E-state index in [2.05, 4.69) is 0 Å². The number of aliphatic carboxylic acids is 1. The quantitative estimate of drug-likeness (QED) is 0.861. The van der Waals surface area contributed by atoms with Crippen LogP contribution in [0.25, 0.3) is 0 Å². The average molecular weight is 231 g/mol. The van der Waals surface area contributed by atoms with Crippen molar-refractivity contribution >= 4 is 17.6 Å². The summed E-state index contributed by atoms with van der Waals surface area (Å²) in [7, 11) is 1.45. The second-order valence-corrected chi connectivity index (χ2v) is 3.37. The molecule has 0 aromatic heterocycles. The SMILES string of the molecule is COc1c(Cl)cc(C)cc1OCC(=O)O. The highest BCUT2D eigenvalue weighted by atomic mass is 35.5. The Kier molecular flexibility index (Phi) is 3.80. The minimum Gasteiger partial charge on any atom is -0.491 e. The third kappa shape index (κ3) is 3.02. The fraction of sp³-hybridized carbons (Fsp3) is 0.300. The zero-order valence-electron chi connectivity index (χ0n) is 8.41. The van der Waals surface area contributed by atoms with E-state index in [4.69, 9.17) is 26.2 Å². The van der Waals surface area contributed by atoms with Gasteiger partial charge in [-0.3, -0.25) is 0 Å². The van der Waals surface area contributed by atoms with Crippen molar-refractivity contribution in [1.29, 1.82) is 0 Å². The van der Waals surface area contributed by atoms with Gasteiger partial charge in [-0.25, -0.2) is 4.79 Å². The summed E-state index contributed by atoms with van der Waals surface area (Å²) in [6.45, 7) is 1.41. The Hall–Kier alpha value is -1.42. The summed E-state index contributed by atoms with van der Waals surface area (Å²) < 4.78 is 10.1. The topological polar surface area (TPSA) is 55.8 Å². The molecular weight excluding hydrogens is 220 g/mol. The summed E-state index contributed by atoms with van der Waals surface area (Å²) in [4.78, 5) is 10.3. The van der Waals surface area contributed by atoms with E-state index < -0.39 is 12.6 Å². The lowest BCUT2D eigenvalue weighted by atomic mass is 10.2. The molecule has 1 aromatic rings. The molecule has 0 radical (unpaired) electrons. The van der Waals surface area contributed by atoms with Crippen molar-refractivity contribution in [3.05, 3.63) is 22.7 Å². The maximum Gasteiger partial charge on any atom is 0.341 e. The Balaban J connectivity index is 2.98. The molecule has 0 bridgehead atoms. The van der Waals surface area contributed by atoms with E-state index in [1.807, 2.05) is 6.92 Å². The number of ether oxygens (including phenoxy) is 2. The summed E-state index contributed by atoms with van der Waals surface area (Å²) >= 11 is 5.90. The molecule has 0 aliphatic carbocycles. The summed E-state index contributed by atoms with van der Waals surface area (Å²) in [6.07, 6.45) is 0. The van der Waals surface area contributed by atoms with Crippen LogP contribution in [0.1, 0.15) is 5.56 Å². The highest BCUT2D eigenvalue weighted by molar-refractivity contribution is 6.32. The Morgan fingerprint density at radius 2 is 2.20 bits per heavy atom. The van der Waals surface area contributed by atoms with Crippen LogP contribution in [0, 0.1) is 6.92 Å². The van der Waals surface area contributed by atoms with Crippen LogP contribution in [-0.4, -0.2) is 24.8 Å². The fourth-order valence-corrected chi connectivity index (χ4v) is 1.48. The summed E-state index contributed by atoms with van der Waals surface area (Å²) in [5.74, 6) is -0.358. The first-order valence-electron chi connectivity index (χ1n) is 4.23. The largest absolute Gasteiger partial charge is 0.491 e. The number of methoxy groups -OCH3 is 1. The van der Waals surface area contributed by atoms with E-state index in [-0.39, 0.29) is 0 Å². The average Bonchev–Trinajstić information content (AvgIpc) is 2.13. The predicted octanol–water partition coefficient (Wildman–Crippen LogP) is 2.12. The first-order valence-corrected chi connectivity index (χ1v) is 4.61. The van der Waals surface area contributed by atoms with Crippen LogP contribution in [0.4, 0.5) is 0 Å². The second-order valence-electron chi connectivity index (χ2n) is 2.96. The van der Waals surface area contributed by atoms with Crippen LogP contribution in [0.2, 0.25) is 5.02 Å². The van der Waals surface area contributed by atoms with Gasteiger partial charge in [0.15, 0.2) is 18.1 Å². The van der Waals surface area contributed by atoms with Gasteiger partial charge in [-0.15, -0.1) is 0 Å². The summed E-state index contributed by atoms with van der Waals surface area (Å²) in [5, 5.41) is 8.88. The zero-order chi connectivity index (χ0) is 11.4. The van der Waals surface area contributed by atoms with E-state index >= 15 is 0 Å². The molecule has 0 atom stereocenters. The first kappa shape index (κ1) is 11.7. The molecule has 0 fully saturated rings. The van der Waals surface area contributed by atoms with Gasteiger partial charge in [0.25, 0.3) is 0 Å². The van der Waals surface area contributed by atoms with Crippen molar-refractivity contribution in [3.63, 3.8) is 0 Å². The summed E-state index contributed by atoms with van der Waals surface area (Å²) in [6, 6.07) is 3.39. The molecular formula is C10H11ClO4. The number of hydrogen-bond donors (Lipinski definition) is 1. The van der Waals surface area contributed by atoms with Crippen LogP contribution < -0.4 is 9.47 Å². The Morgan fingerprint density at radius 3 is 2.73 bits per heavy atom. The van der Waals surface area contributed by atoms with Crippen LogP contribution >= 0.6 is 11.6 Å². The van der Waals surface area contributed by atoms with Crippen LogP contribution in [0.3, 0.4) is 0 Å². The van der Waals surface area contributed by atoms with Gasteiger partial charge in [0.2, 0.25) is 0 Å². The van der Waals surface area contributed by atoms with E-state index in [0.29, 0.717) is 16.5 Å². The van der Waals surface area contributed by atoms with Gasteiger partial charge in [-0.1, -0.05) is 11.6 Å². The molecule has 1 N–H and O–H groups in total. The molecule has 1 rings (SSSR count). The van der Waals surface area contributed by atoms with Gasteiger partial charge in [0.05, 0.1) is 12.1 Å². The molecule has 5 heteroatoms. The lowest BCUT2D eigenvalue weighted by Gasteiger charge is -2.11. The monoisotopic (exact) mass is 230 g/mol. The van der Waals surface area contributed by atoms with E-state index in [0.717, 1.165) is 5.56 Å². The molecule has 0 heterocycles. The number of carboxylic acids is 1. The fourth-order valence-electron chi connectivity index (χ4n) is 1.14. The van der Waals surface area contributed by atoms with Gasteiger partial charge in [0.1, 0.15) is 0 Å². The van der Waals surface area contributed by atoms with Crippen LogP contribution in [0.5, 0.6) is 11.5 Å². The normalized spacial score (nSPS) is 9.80. The van der Waals surface area contributed by atoms with Gasteiger partial charge >= 0.3 is 5.97 Å². The van der Waals surface area contributed by atoms with Gasteiger partial charge in [-0.2, -0.15) is 0 Å². The molecule has 4 nitrogen and oxygen atoms in total. The molecule has 0 spiro atoms. The van der Waals surface area contributed by atoms with Crippen molar-refractivity contribution in [3.8, 4) is 11.5 Å². The lowest BCUT2D eigenvalue weighted by Crippen LogP contribution is -2.10. The van der Waals surface area contributed by atoms with Crippen molar-refractivity contribution in [1.82, 2.24) is 0 Å². The maximum absolute atomic E-state index is 10.3. The number of halogens is 1. The second kappa shape index (κ2) is 4.89. The highest BCUT2D eigenvalue weighted by Gasteiger charge is 2.11. The van der Waals surface area contributed by atoms with Crippen LogP contribution in [0.15, 0.2) is 12.1 Å². The van der Waals surface area contributed by atoms with Crippen molar-refractivity contribution in [2.75, 3.05) is 13.7 Å².